The molecule has 0 unspecified atom stereocenters. The molecule has 1 aliphatic carbocycles. The average Bonchev–Trinajstić information content (AvgIpc) is 3.33. The largest absolute Gasteiger partial charge is 0.345 e. The van der Waals surface area contributed by atoms with Gasteiger partial charge in [0.1, 0.15) is 0 Å². The molecule has 2 aromatic rings. The smallest absolute Gasteiger partial charge is 0.227 e. The number of likely N-dealkylation sites (tertiary alicyclic amines) is 1. The zero-order valence-corrected chi connectivity index (χ0v) is 16.2. The molecule has 2 aromatic heterocycles. The number of rotatable bonds is 5. The van der Waals surface area contributed by atoms with E-state index in [-0.39, 0.29) is 17.9 Å². The Morgan fingerprint density at radius 2 is 2.04 bits per heavy atom. The van der Waals surface area contributed by atoms with Crippen molar-refractivity contribution in [2.24, 2.45) is 11.8 Å². The number of carbonyl (C=O) groups excluding carboxylic acids is 2. The van der Waals surface area contributed by atoms with E-state index in [2.05, 4.69) is 15.1 Å². The van der Waals surface area contributed by atoms with E-state index in [0.717, 1.165) is 24.9 Å². The second kappa shape index (κ2) is 7.69. The van der Waals surface area contributed by atoms with Gasteiger partial charge in [-0.25, -0.2) is 0 Å². The summed E-state index contributed by atoms with van der Waals surface area (Å²) >= 11 is 0. The number of aromatic nitrogens is 3. The highest BCUT2D eigenvalue weighted by Gasteiger charge is 2.42. The predicted octanol–water partition coefficient (Wildman–Crippen LogP) is 1.78. The molecule has 1 saturated carbocycles. The van der Waals surface area contributed by atoms with Crippen LogP contribution in [-0.2, 0) is 16.0 Å². The molecule has 0 radical (unpaired) electrons. The van der Waals surface area contributed by atoms with Gasteiger partial charge in [0.2, 0.25) is 23.5 Å². The molecule has 2 aliphatic rings. The Hall–Kier alpha value is -2.77. The number of aryl methyl sites for hydroxylation is 1. The third-order valence-corrected chi connectivity index (χ3v) is 6.09. The summed E-state index contributed by atoms with van der Waals surface area (Å²) in [5.74, 6) is 2.17. The van der Waals surface area contributed by atoms with E-state index in [0.29, 0.717) is 42.8 Å². The molecule has 0 aromatic carbocycles. The molecule has 0 spiro atoms. The molecule has 4 rings (SSSR count). The van der Waals surface area contributed by atoms with Gasteiger partial charge in [0.05, 0.1) is 0 Å². The van der Waals surface area contributed by atoms with Crippen LogP contribution in [0.15, 0.2) is 29.0 Å². The summed E-state index contributed by atoms with van der Waals surface area (Å²) in [7, 11) is 3.73. The van der Waals surface area contributed by atoms with Crippen molar-refractivity contribution < 1.29 is 14.1 Å². The fourth-order valence-electron chi connectivity index (χ4n) is 4.37. The highest BCUT2D eigenvalue weighted by atomic mass is 16.5. The minimum atomic E-state index is 0.0759. The van der Waals surface area contributed by atoms with Gasteiger partial charge in [-0.05, 0) is 36.8 Å². The lowest BCUT2D eigenvalue weighted by Gasteiger charge is -2.31. The van der Waals surface area contributed by atoms with Gasteiger partial charge in [-0.15, -0.1) is 0 Å². The molecule has 0 N–H and O–H groups in total. The van der Waals surface area contributed by atoms with Crippen LogP contribution in [0.25, 0.3) is 11.4 Å². The summed E-state index contributed by atoms with van der Waals surface area (Å²) < 4.78 is 5.28. The molecule has 0 bridgehead atoms. The number of amides is 2. The number of carbonyl (C=O) groups is 2. The van der Waals surface area contributed by atoms with E-state index in [1.807, 2.05) is 36.0 Å². The molecule has 148 valence electrons. The zero-order chi connectivity index (χ0) is 19.7. The van der Waals surface area contributed by atoms with Crippen molar-refractivity contribution in [1.82, 2.24) is 24.9 Å². The Balaban J connectivity index is 1.31. The lowest BCUT2D eigenvalue weighted by atomic mass is 9.88. The van der Waals surface area contributed by atoms with Crippen molar-refractivity contribution >= 4 is 11.8 Å². The van der Waals surface area contributed by atoms with Crippen LogP contribution in [0.3, 0.4) is 0 Å². The van der Waals surface area contributed by atoms with Gasteiger partial charge in [0.15, 0.2) is 0 Å². The lowest BCUT2D eigenvalue weighted by molar-refractivity contribution is -0.135. The van der Waals surface area contributed by atoms with Gasteiger partial charge in [0, 0.05) is 63.9 Å². The quantitative estimate of drug-likeness (QED) is 0.781. The molecule has 3 atom stereocenters. The first-order chi connectivity index (χ1) is 13.5. The van der Waals surface area contributed by atoms with E-state index in [1.165, 1.54) is 0 Å². The van der Waals surface area contributed by atoms with Crippen LogP contribution in [-0.4, -0.2) is 63.4 Å². The summed E-state index contributed by atoms with van der Waals surface area (Å²) in [5.41, 5.74) is 0.835. The Morgan fingerprint density at radius 1 is 1.29 bits per heavy atom. The van der Waals surface area contributed by atoms with Gasteiger partial charge >= 0.3 is 0 Å². The maximum atomic E-state index is 12.7. The highest BCUT2D eigenvalue weighted by Crippen LogP contribution is 2.40. The monoisotopic (exact) mass is 383 g/mol. The highest BCUT2D eigenvalue weighted by molar-refractivity contribution is 5.78. The Morgan fingerprint density at radius 3 is 2.82 bits per heavy atom. The number of hydrogen-bond donors (Lipinski definition) is 0. The number of fused-ring (bicyclic) bond motifs is 1. The Bertz CT molecular complexity index is 853. The van der Waals surface area contributed by atoms with E-state index >= 15 is 0 Å². The van der Waals surface area contributed by atoms with Gasteiger partial charge < -0.3 is 14.3 Å². The summed E-state index contributed by atoms with van der Waals surface area (Å²) in [5, 5.41) is 3.97. The summed E-state index contributed by atoms with van der Waals surface area (Å²) in [6.07, 6.45) is 6.60. The van der Waals surface area contributed by atoms with E-state index < -0.39 is 0 Å². The van der Waals surface area contributed by atoms with Gasteiger partial charge in [-0.3, -0.25) is 14.6 Å². The molecule has 1 saturated heterocycles. The van der Waals surface area contributed by atoms with Crippen molar-refractivity contribution in [3.05, 3.63) is 30.4 Å². The topological polar surface area (TPSA) is 92.4 Å². The van der Waals surface area contributed by atoms with Crippen LogP contribution in [0.4, 0.5) is 0 Å². The first kappa shape index (κ1) is 18.6. The van der Waals surface area contributed by atoms with Crippen LogP contribution in [0, 0.1) is 11.8 Å². The van der Waals surface area contributed by atoms with Crippen LogP contribution in [0.2, 0.25) is 0 Å². The van der Waals surface area contributed by atoms with Crippen LogP contribution >= 0.6 is 0 Å². The van der Waals surface area contributed by atoms with E-state index in [1.54, 1.807) is 12.4 Å². The number of hydrogen-bond acceptors (Lipinski definition) is 6. The van der Waals surface area contributed by atoms with Crippen molar-refractivity contribution in [1.29, 1.82) is 0 Å². The Kier molecular flexibility index (Phi) is 5.11. The number of pyridine rings is 1. The Labute approximate surface area is 163 Å². The molecule has 3 heterocycles. The minimum absolute atomic E-state index is 0.0759. The number of piperidine rings is 1. The predicted molar refractivity (Wildman–Crippen MR) is 101 cm³/mol. The standard InChI is InChI=1S/C20H25N5O3/c1-24-12-15-10-16(9-14(15)11-19(24)27)25(2)18(26)4-3-17-22-20(23-28-17)13-5-7-21-8-6-13/h5-8,14-16H,3-4,9-12H2,1-2H3/t14-,15+,16-/m0/s1. The summed E-state index contributed by atoms with van der Waals surface area (Å²) in [6, 6.07) is 3.83. The molecule has 2 fully saturated rings. The van der Waals surface area contributed by atoms with E-state index in [9.17, 15) is 9.59 Å². The average molecular weight is 383 g/mol. The molecule has 8 nitrogen and oxygen atoms in total. The van der Waals surface area contributed by atoms with Gasteiger partial charge in [0.25, 0.3) is 0 Å². The third kappa shape index (κ3) is 3.76. The second-order valence-corrected chi connectivity index (χ2v) is 7.88. The van der Waals surface area contributed by atoms with Crippen molar-refractivity contribution in [3.63, 3.8) is 0 Å². The third-order valence-electron chi connectivity index (χ3n) is 6.09. The normalized spacial score (nSPS) is 24.3. The van der Waals surface area contributed by atoms with Crippen molar-refractivity contribution in [2.45, 2.75) is 38.1 Å². The molecular weight excluding hydrogens is 358 g/mol. The van der Waals surface area contributed by atoms with Crippen LogP contribution in [0.5, 0.6) is 0 Å². The zero-order valence-electron chi connectivity index (χ0n) is 16.2. The van der Waals surface area contributed by atoms with Crippen molar-refractivity contribution in [3.8, 4) is 11.4 Å². The lowest BCUT2D eigenvalue weighted by Crippen LogP contribution is -2.39. The van der Waals surface area contributed by atoms with Crippen LogP contribution in [0.1, 0.15) is 31.6 Å². The second-order valence-electron chi connectivity index (χ2n) is 7.88. The summed E-state index contributed by atoms with van der Waals surface area (Å²) in [4.78, 5) is 36.6. The van der Waals surface area contributed by atoms with E-state index in [4.69, 9.17) is 4.52 Å². The molecule has 1 aliphatic heterocycles. The van der Waals surface area contributed by atoms with Crippen LogP contribution < -0.4 is 0 Å². The SMILES string of the molecule is CN1C[C@H]2C[C@@H](N(C)C(=O)CCc3nc(-c4ccncc4)no3)C[C@H]2CC1=O. The molecule has 8 heteroatoms. The first-order valence-electron chi connectivity index (χ1n) is 9.74. The molecule has 2 amide bonds. The van der Waals surface area contributed by atoms with Crippen molar-refractivity contribution in [2.75, 3.05) is 20.6 Å². The molecule has 28 heavy (non-hydrogen) atoms. The minimum Gasteiger partial charge on any atom is -0.345 e. The molecular formula is C20H25N5O3. The number of nitrogens with zero attached hydrogens (tertiary/aromatic N) is 5. The maximum absolute atomic E-state index is 12.7. The summed E-state index contributed by atoms with van der Waals surface area (Å²) in [6.45, 7) is 0.807. The maximum Gasteiger partial charge on any atom is 0.227 e. The van der Waals surface area contributed by atoms with Gasteiger partial charge in [-0.1, -0.05) is 5.16 Å². The fourth-order valence-corrected chi connectivity index (χ4v) is 4.37. The first-order valence-corrected chi connectivity index (χ1v) is 9.74. The fraction of sp³-hybridized carbons (Fsp3) is 0.550. The van der Waals surface area contributed by atoms with Gasteiger partial charge in [-0.2, -0.15) is 4.98 Å².